The number of carbonyl (C=O) groups is 1. The summed E-state index contributed by atoms with van der Waals surface area (Å²) in [6.45, 7) is 1.88. The molecule has 31 heavy (non-hydrogen) atoms. The van der Waals surface area contributed by atoms with Crippen LogP contribution < -0.4 is 0 Å². The van der Waals surface area contributed by atoms with E-state index in [0.717, 1.165) is 41.1 Å². The van der Waals surface area contributed by atoms with Crippen LogP contribution in [0.4, 0.5) is 4.39 Å². The molecule has 2 atom stereocenters. The zero-order chi connectivity index (χ0) is 22.1. The van der Waals surface area contributed by atoms with E-state index in [1.807, 2.05) is 13.0 Å². The molecule has 0 amide bonds. The Morgan fingerprint density at radius 1 is 1.29 bits per heavy atom. The second kappa shape index (κ2) is 8.56. The van der Waals surface area contributed by atoms with Gasteiger partial charge in [-0.25, -0.2) is 13.9 Å². The summed E-state index contributed by atoms with van der Waals surface area (Å²) in [6, 6.07) is 8.03. The second-order valence-corrected chi connectivity index (χ2v) is 8.01. The summed E-state index contributed by atoms with van der Waals surface area (Å²) >= 11 is 0. The molecule has 7 nitrogen and oxygen atoms in total. The molecule has 1 aromatic carbocycles. The van der Waals surface area contributed by atoms with E-state index in [1.165, 1.54) is 18.2 Å². The molecule has 162 valence electrons. The van der Waals surface area contributed by atoms with E-state index >= 15 is 0 Å². The summed E-state index contributed by atoms with van der Waals surface area (Å²) in [5, 5.41) is 33.5. The van der Waals surface area contributed by atoms with Crippen molar-refractivity contribution >= 4 is 17.7 Å². The normalized spacial score (nSPS) is 16.1. The molecule has 8 heteroatoms. The number of aliphatic hydroxyl groups is 2. The summed E-state index contributed by atoms with van der Waals surface area (Å²) in [4.78, 5) is 15.6. The third kappa shape index (κ3) is 4.81. The monoisotopic (exact) mass is 425 g/mol. The number of fused-ring (bicyclic) bond motifs is 1. The highest BCUT2D eigenvalue weighted by Gasteiger charge is 2.30. The smallest absolute Gasteiger partial charge is 0.305 e. The maximum Gasteiger partial charge on any atom is 0.305 e. The molecule has 1 saturated carbocycles. The van der Waals surface area contributed by atoms with E-state index in [0.29, 0.717) is 11.6 Å². The number of nitrogens with zero attached hydrogens (tertiary/aromatic N) is 3. The van der Waals surface area contributed by atoms with E-state index in [2.05, 4.69) is 5.10 Å². The highest BCUT2D eigenvalue weighted by Crippen LogP contribution is 2.43. The number of carboxylic acids is 1. The Morgan fingerprint density at radius 2 is 2.00 bits per heavy atom. The van der Waals surface area contributed by atoms with Crippen LogP contribution >= 0.6 is 0 Å². The van der Waals surface area contributed by atoms with Gasteiger partial charge in [-0.05, 0) is 44.0 Å². The Morgan fingerprint density at radius 3 is 2.65 bits per heavy atom. The van der Waals surface area contributed by atoms with Gasteiger partial charge in [0.1, 0.15) is 5.82 Å². The fourth-order valence-electron chi connectivity index (χ4n) is 3.72. The molecule has 3 N–H and O–H groups in total. The Kier molecular flexibility index (Phi) is 5.84. The number of aromatic nitrogens is 3. The summed E-state index contributed by atoms with van der Waals surface area (Å²) in [6.07, 6.45) is 2.60. The van der Waals surface area contributed by atoms with Gasteiger partial charge in [0.05, 0.1) is 35.7 Å². The summed E-state index contributed by atoms with van der Waals surface area (Å²) < 4.78 is 15.3. The quantitative estimate of drug-likeness (QED) is 0.511. The second-order valence-electron chi connectivity index (χ2n) is 8.01. The first-order valence-electron chi connectivity index (χ1n) is 10.2. The molecule has 0 aliphatic heterocycles. The lowest BCUT2D eigenvalue weighted by Crippen LogP contribution is -2.19. The van der Waals surface area contributed by atoms with Crippen LogP contribution in [0.15, 0.2) is 36.4 Å². The van der Waals surface area contributed by atoms with Gasteiger partial charge >= 0.3 is 5.97 Å². The highest BCUT2D eigenvalue weighted by molar-refractivity contribution is 5.76. The largest absolute Gasteiger partial charge is 0.481 e. The third-order valence-corrected chi connectivity index (χ3v) is 5.28. The molecular weight excluding hydrogens is 401 g/mol. The van der Waals surface area contributed by atoms with Crippen LogP contribution in [0.5, 0.6) is 0 Å². The van der Waals surface area contributed by atoms with Crippen molar-refractivity contribution < 1.29 is 24.5 Å². The maximum atomic E-state index is 13.6. The van der Waals surface area contributed by atoms with Gasteiger partial charge in [-0.1, -0.05) is 12.2 Å². The third-order valence-electron chi connectivity index (χ3n) is 5.28. The number of hydrogen-bond acceptors (Lipinski definition) is 5. The van der Waals surface area contributed by atoms with Crippen LogP contribution in [0, 0.1) is 12.7 Å². The summed E-state index contributed by atoms with van der Waals surface area (Å²) in [5.74, 6) is -1.16. The molecule has 3 aromatic rings. The lowest BCUT2D eigenvalue weighted by molar-refractivity contribution is -0.139. The van der Waals surface area contributed by atoms with Gasteiger partial charge in [-0.15, -0.1) is 0 Å². The number of benzene rings is 1. The number of carboxylic acid groups (broad SMARTS) is 1. The van der Waals surface area contributed by atoms with Gasteiger partial charge in [-0.3, -0.25) is 4.79 Å². The number of hydrogen-bond donors (Lipinski definition) is 3. The minimum atomic E-state index is -1.15. The lowest BCUT2D eigenvalue weighted by Gasteiger charge is -2.15. The van der Waals surface area contributed by atoms with Gasteiger partial charge in [-0.2, -0.15) is 5.10 Å². The molecule has 1 fully saturated rings. The molecule has 0 bridgehead atoms. The van der Waals surface area contributed by atoms with Gasteiger partial charge in [0.2, 0.25) is 0 Å². The number of aliphatic hydroxyl groups excluding tert-OH is 2. The summed E-state index contributed by atoms with van der Waals surface area (Å²) in [7, 11) is 0. The first kappa shape index (κ1) is 21.1. The minimum absolute atomic E-state index is 0.0933. The van der Waals surface area contributed by atoms with E-state index in [-0.39, 0.29) is 12.2 Å². The first-order chi connectivity index (χ1) is 14.8. The molecule has 0 spiro atoms. The maximum absolute atomic E-state index is 13.6. The van der Waals surface area contributed by atoms with Crippen molar-refractivity contribution in [1.29, 1.82) is 0 Å². The van der Waals surface area contributed by atoms with Gasteiger partial charge in [0.25, 0.3) is 0 Å². The standard InChI is InChI=1S/C23H24FN3O4/c1-13-10-20-25-22(14-2-3-14)19(9-8-17(28)11-18(29)12-21(30)31)23(27(20)26-13)15-4-6-16(24)7-5-15/h4-10,14,17-18,28-29H,2-3,11-12H2,1H3,(H,30,31)/b9-8+. The molecule has 0 saturated heterocycles. The zero-order valence-electron chi connectivity index (χ0n) is 17.1. The van der Waals surface area contributed by atoms with Crippen molar-refractivity contribution in [3.8, 4) is 11.3 Å². The molecule has 1 aliphatic rings. The minimum Gasteiger partial charge on any atom is -0.481 e. The van der Waals surface area contributed by atoms with Gasteiger partial charge in [0.15, 0.2) is 5.65 Å². The average Bonchev–Trinajstić information content (AvgIpc) is 3.46. The van der Waals surface area contributed by atoms with Crippen LogP contribution in [-0.4, -0.2) is 48.1 Å². The van der Waals surface area contributed by atoms with Crippen molar-refractivity contribution in [3.63, 3.8) is 0 Å². The van der Waals surface area contributed by atoms with Crippen LogP contribution in [0.2, 0.25) is 0 Å². The molecule has 4 rings (SSSR count). The molecular formula is C23H24FN3O4. The van der Waals surface area contributed by atoms with Crippen LogP contribution in [0.25, 0.3) is 23.0 Å². The van der Waals surface area contributed by atoms with Crippen molar-refractivity contribution in [3.05, 3.63) is 59.2 Å². The Labute approximate surface area is 178 Å². The molecule has 2 unspecified atom stereocenters. The number of aryl methyl sites for hydroxylation is 1. The van der Waals surface area contributed by atoms with Crippen molar-refractivity contribution in [2.24, 2.45) is 0 Å². The van der Waals surface area contributed by atoms with E-state index in [4.69, 9.17) is 10.1 Å². The zero-order valence-corrected chi connectivity index (χ0v) is 17.1. The molecule has 2 heterocycles. The summed E-state index contributed by atoms with van der Waals surface area (Å²) in [5.41, 5.74) is 4.68. The van der Waals surface area contributed by atoms with Crippen molar-refractivity contribution in [1.82, 2.24) is 14.6 Å². The van der Waals surface area contributed by atoms with Gasteiger partial charge < -0.3 is 15.3 Å². The van der Waals surface area contributed by atoms with Crippen molar-refractivity contribution in [2.75, 3.05) is 0 Å². The molecule has 0 radical (unpaired) electrons. The first-order valence-corrected chi connectivity index (χ1v) is 10.2. The predicted molar refractivity (Wildman–Crippen MR) is 113 cm³/mol. The molecule has 1 aliphatic carbocycles. The average molecular weight is 425 g/mol. The van der Waals surface area contributed by atoms with Gasteiger partial charge in [0, 0.05) is 29.5 Å². The number of halogens is 1. The number of aliphatic carboxylic acids is 1. The van der Waals surface area contributed by atoms with Crippen molar-refractivity contribution in [2.45, 2.75) is 50.7 Å². The Hall–Kier alpha value is -3.10. The van der Waals surface area contributed by atoms with Crippen LogP contribution in [0.3, 0.4) is 0 Å². The van der Waals surface area contributed by atoms with E-state index in [9.17, 15) is 19.4 Å². The fraction of sp³-hybridized carbons (Fsp3) is 0.348. The Bertz CT molecular complexity index is 1140. The highest BCUT2D eigenvalue weighted by atomic mass is 19.1. The predicted octanol–water partition coefficient (Wildman–Crippen LogP) is 3.32. The SMILES string of the molecule is Cc1cc2nc(C3CC3)c(/C=C/C(O)CC(O)CC(=O)O)c(-c3ccc(F)cc3)n2n1. The topological polar surface area (TPSA) is 108 Å². The van der Waals surface area contributed by atoms with Crippen LogP contribution in [-0.2, 0) is 4.79 Å². The van der Waals surface area contributed by atoms with E-state index < -0.39 is 24.6 Å². The Balaban J connectivity index is 1.79. The lowest BCUT2D eigenvalue weighted by atomic mass is 10.00. The molecule has 2 aromatic heterocycles. The van der Waals surface area contributed by atoms with E-state index in [1.54, 1.807) is 22.7 Å². The van der Waals surface area contributed by atoms with Crippen LogP contribution in [0.1, 0.15) is 48.6 Å². The fourth-order valence-corrected chi connectivity index (χ4v) is 3.72. The number of rotatable bonds is 8.